The Hall–Kier alpha value is -3.68. The van der Waals surface area contributed by atoms with Crippen LogP contribution in [0.1, 0.15) is 82.2 Å². The molecule has 1 aromatic heterocycles. The third-order valence-electron chi connectivity index (χ3n) is 7.51. The van der Waals surface area contributed by atoms with Crippen molar-refractivity contribution in [3.8, 4) is 0 Å². The van der Waals surface area contributed by atoms with Crippen molar-refractivity contribution in [2.24, 2.45) is 0 Å². The molecule has 0 bridgehead atoms. The summed E-state index contributed by atoms with van der Waals surface area (Å²) in [5.41, 5.74) is 4.75. The Balaban J connectivity index is 1.35. The summed E-state index contributed by atoms with van der Waals surface area (Å²) in [6.07, 6.45) is 4.95. The van der Waals surface area contributed by atoms with Gasteiger partial charge in [0.15, 0.2) is 0 Å². The number of rotatable bonds is 7. The summed E-state index contributed by atoms with van der Waals surface area (Å²) in [6, 6.07) is 10.8. The summed E-state index contributed by atoms with van der Waals surface area (Å²) in [5.74, 6) is 0.529. The maximum atomic E-state index is 13.3. The number of nitrogens with zero attached hydrogens (tertiary/aromatic N) is 3. The fourth-order valence-electron chi connectivity index (χ4n) is 5.35. The summed E-state index contributed by atoms with van der Waals surface area (Å²) >= 11 is 0. The van der Waals surface area contributed by atoms with Crippen molar-refractivity contribution >= 4 is 28.8 Å². The summed E-state index contributed by atoms with van der Waals surface area (Å²) in [4.78, 5) is 50.8. The average molecular weight is 502 g/mol. The topological polar surface area (TPSA) is 98.4 Å². The van der Waals surface area contributed by atoms with Gasteiger partial charge in [-0.3, -0.25) is 14.4 Å². The number of fused-ring (bicyclic) bond motifs is 1. The van der Waals surface area contributed by atoms with Crippen molar-refractivity contribution < 1.29 is 14.4 Å². The van der Waals surface area contributed by atoms with E-state index in [0.29, 0.717) is 29.8 Å². The van der Waals surface area contributed by atoms with Crippen LogP contribution in [0.15, 0.2) is 36.4 Å². The normalized spacial score (nSPS) is 16.4. The second kappa shape index (κ2) is 10.7. The highest BCUT2D eigenvalue weighted by atomic mass is 16.2. The Morgan fingerprint density at radius 2 is 1.65 bits per heavy atom. The third kappa shape index (κ3) is 5.53. The molecule has 2 aliphatic rings. The highest BCUT2D eigenvalue weighted by Gasteiger charge is 2.25. The number of likely N-dealkylation sites (tertiary alicyclic amines) is 2. The molecule has 2 N–H and O–H groups in total. The van der Waals surface area contributed by atoms with E-state index in [1.54, 1.807) is 18.2 Å². The van der Waals surface area contributed by atoms with E-state index in [1.807, 2.05) is 41.8 Å². The number of carbonyl (C=O) groups is 3. The van der Waals surface area contributed by atoms with Gasteiger partial charge in [0.05, 0.1) is 17.1 Å². The van der Waals surface area contributed by atoms with Gasteiger partial charge in [0.25, 0.3) is 11.8 Å². The number of nitrogens with one attached hydrogen (secondary N) is 2. The fraction of sp³-hybridized carbons (Fsp3) is 0.448. The zero-order valence-electron chi connectivity index (χ0n) is 21.7. The van der Waals surface area contributed by atoms with E-state index in [2.05, 4.69) is 10.3 Å². The highest BCUT2D eigenvalue weighted by molar-refractivity contribution is 5.99. The maximum Gasteiger partial charge on any atom is 0.254 e. The van der Waals surface area contributed by atoms with Crippen molar-refractivity contribution in [3.05, 3.63) is 64.5 Å². The summed E-state index contributed by atoms with van der Waals surface area (Å²) < 4.78 is 0. The van der Waals surface area contributed by atoms with Crippen LogP contribution >= 0.6 is 0 Å². The van der Waals surface area contributed by atoms with Gasteiger partial charge in [-0.15, -0.1) is 0 Å². The van der Waals surface area contributed by atoms with E-state index in [-0.39, 0.29) is 17.7 Å². The van der Waals surface area contributed by atoms with Crippen molar-refractivity contribution in [1.82, 2.24) is 25.1 Å². The van der Waals surface area contributed by atoms with Crippen LogP contribution in [0.25, 0.3) is 11.0 Å². The Morgan fingerprint density at radius 1 is 0.946 bits per heavy atom. The molecule has 3 heterocycles. The van der Waals surface area contributed by atoms with Gasteiger partial charge >= 0.3 is 0 Å². The first-order valence-electron chi connectivity index (χ1n) is 13.3. The molecule has 3 amide bonds. The summed E-state index contributed by atoms with van der Waals surface area (Å²) in [7, 11) is 0. The molecule has 8 heteroatoms. The molecular weight excluding hydrogens is 466 g/mol. The summed E-state index contributed by atoms with van der Waals surface area (Å²) in [6.45, 7) is 7.08. The Labute approximate surface area is 217 Å². The average Bonchev–Trinajstić information content (AvgIpc) is 3.67. The molecule has 0 aliphatic carbocycles. The Morgan fingerprint density at radius 3 is 2.35 bits per heavy atom. The predicted octanol–water partition coefficient (Wildman–Crippen LogP) is 4.29. The number of aromatic amines is 1. The van der Waals surface area contributed by atoms with Crippen molar-refractivity contribution in [2.45, 2.75) is 58.4 Å². The van der Waals surface area contributed by atoms with Gasteiger partial charge in [0.1, 0.15) is 5.82 Å². The molecule has 0 saturated carbocycles. The minimum absolute atomic E-state index is 0.0258. The third-order valence-corrected chi connectivity index (χ3v) is 7.51. The zero-order valence-corrected chi connectivity index (χ0v) is 21.7. The molecule has 2 aromatic carbocycles. The van der Waals surface area contributed by atoms with Gasteiger partial charge < -0.3 is 20.1 Å². The Bertz CT molecular complexity index is 1320. The van der Waals surface area contributed by atoms with E-state index in [4.69, 9.17) is 4.98 Å². The largest absolute Gasteiger partial charge is 0.343 e. The number of benzene rings is 2. The molecule has 3 aromatic rings. The molecule has 2 aliphatic heterocycles. The molecule has 1 atom stereocenters. The monoisotopic (exact) mass is 501 g/mol. The minimum Gasteiger partial charge on any atom is -0.343 e. The summed E-state index contributed by atoms with van der Waals surface area (Å²) in [5, 5.41) is 3.10. The van der Waals surface area contributed by atoms with Gasteiger partial charge in [-0.1, -0.05) is 6.07 Å². The SMILES string of the molecule is Cc1ccc2nc(C(CCC(=O)N3CCCC3)NC(=O)c3ccc(C(=O)N4CCCC4)c(C)c3)[nH]c2c1. The number of amides is 3. The van der Waals surface area contributed by atoms with Gasteiger partial charge in [-0.2, -0.15) is 0 Å². The first-order valence-corrected chi connectivity index (χ1v) is 13.3. The second-order valence-corrected chi connectivity index (χ2v) is 10.3. The lowest BCUT2D eigenvalue weighted by Gasteiger charge is -2.20. The first kappa shape index (κ1) is 25.0. The number of carbonyl (C=O) groups excluding carboxylic acids is 3. The molecule has 1 unspecified atom stereocenters. The first-order chi connectivity index (χ1) is 17.9. The standard InChI is InChI=1S/C29H35N5O3/c1-19-7-10-23-25(17-19)31-27(30-23)24(11-12-26(35)33-13-3-4-14-33)32-28(36)21-8-9-22(20(2)18-21)29(37)34-15-5-6-16-34/h7-10,17-18,24H,3-6,11-16H2,1-2H3,(H,30,31)(H,32,36). The Kier molecular flexibility index (Phi) is 7.26. The molecule has 2 saturated heterocycles. The lowest BCUT2D eigenvalue weighted by Crippen LogP contribution is -2.32. The molecular formula is C29H35N5O3. The lowest BCUT2D eigenvalue weighted by atomic mass is 10.0. The minimum atomic E-state index is -0.446. The van der Waals surface area contributed by atoms with Crippen LogP contribution in [0.2, 0.25) is 0 Å². The number of aryl methyl sites for hydroxylation is 2. The van der Waals surface area contributed by atoms with Crippen molar-refractivity contribution in [3.63, 3.8) is 0 Å². The van der Waals surface area contributed by atoms with E-state index >= 15 is 0 Å². The predicted molar refractivity (Wildman–Crippen MR) is 142 cm³/mol. The number of hydrogen-bond acceptors (Lipinski definition) is 4. The van der Waals surface area contributed by atoms with Crippen LogP contribution in [0.3, 0.4) is 0 Å². The molecule has 5 rings (SSSR count). The molecule has 2 fully saturated rings. The second-order valence-electron chi connectivity index (χ2n) is 10.3. The van der Waals surface area contributed by atoms with Crippen LogP contribution in [0.5, 0.6) is 0 Å². The number of hydrogen-bond donors (Lipinski definition) is 2. The lowest BCUT2D eigenvalue weighted by molar-refractivity contribution is -0.130. The van der Waals surface area contributed by atoms with E-state index in [9.17, 15) is 14.4 Å². The van der Waals surface area contributed by atoms with Crippen LogP contribution in [0, 0.1) is 13.8 Å². The molecule has 37 heavy (non-hydrogen) atoms. The number of H-pyrrole nitrogens is 1. The van der Waals surface area contributed by atoms with Gasteiger partial charge in [0.2, 0.25) is 5.91 Å². The van der Waals surface area contributed by atoms with Crippen molar-refractivity contribution in [2.75, 3.05) is 26.2 Å². The zero-order chi connectivity index (χ0) is 25.9. The quantitative estimate of drug-likeness (QED) is 0.505. The molecule has 8 nitrogen and oxygen atoms in total. The molecule has 0 spiro atoms. The van der Waals surface area contributed by atoms with Gasteiger partial charge in [-0.05, 0) is 87.4 Å². The van der Waals surface area contributed by atoms with Crippen molar-refractivity contribution in [1.29, 1.82) is 0 Å². The smallest absolute Gasteiger partial charge is 0.254 e. The molecule has 194 valence electrons. The van der Waals surface area contributed by atoms with E-state index < -0.39 is 6.04 Å². The van der Waals surface area contributed by atoms with E-state index in [1.165, 1.54) is 0 Å². The molecule has 0 radical (unpaired) electrons. The van der Waals surface area contributed by atoms with Gasteiger partial charge in [0, 0.05) is 43.7 Å². The van der Waals surface area contributed by atoms with Gasteiger partial charge in [-0.25, -0.2) is 4.98 Å². The van der Waals surface area contributed by atoms with E-state index in [0.717, 1.165) is 74.0 Å². The van der Waals surface area contributed by atoms with Crippen LogP contribution in [-0.2, 0) is 4.79 Å². The fourth-order valence-corrected chi connectivity index (χ4v) is 5.35. The van der Waals surface area contributed by atoms with Crippen LogP contribution in [0.4, 0.5) is 0 Å². The maximum absolute atomic E-state index is 13.3. The number of aromatic nitrogens is 2. The van der Waals surface area contributed by atoms with Crippen LogP contribution < -0.4 is 5.32 Å². The number of imidazole rings is 1. The highest BCUT2D eigenvalue weighted by Crippen LogP contribution is 2.23. The van der Waals surface area contributed by atoms with Crippen LogP contribution in [-0.4, -0.2) is 63.7 Å².